The topological polar surface area (TPSA) is 78.0 Å². The van der Waals surface area contributed by atoms with Crippen LogP contribution >= 0.6 is 0 Å². The van der Waals surface area contributed by atoms with E-state index in [1.165, 1.54) is 12.8 Å². The number of hydrogen-bond donors (Lipinski definition) is 3. The molecule has 156 valence electrons. The molecule has 1 saturated heterocycles. The lowest BCUT2D eigenvalue weighted by Gasteiger charge is -2.35. The van der Waals surface area contributed by atoms with E-state index in [1.54, 1.807) is 7.05 Å². The minimum absolute atomic E-state index is 0.135. The first kappa shape index (κ1) is 22.0. The molecular weight excluding hydrogens is 342 g/mol. The second-order valence-electron chi connectivity index (χ2n) is 8.11. The molecule has 0 aromatic heterocycles. The summed E-state index contributed by atoms with van der Waals surface area (Å²) in [6, 6.07) is 0.860. The van der Waals surface area contributed by atoms with Crippen molar-refractivity contribution in [2.45, 2.75) is 64.5 Å². The Labute approximate surface area is 164 Å². The zero-order chi connectivity index (χ0) is 19.5. The smallest absolute Gasteiger partial charge is 0.221 e. The van der Waals surface area contributed by atoms with Crippen LogP contribution in [0.1, 0.15) is 52.4 Å². The first-order valence-electron chi connectivity index (χ1n) is 10.6. The third-order valence-electron chi connectivity index (χ3n) is 5.40. The van der Waals surface area contributed by atoms with Crippen molar-refractivity contribution >= 4 is 11.9 Å². The Morgan fingerprint density at radius 3 is 2.52 bits per heavy atom. The van der Waals surface area contributed by atoms with Gasteiger partial charge in [0, 0.05) is 51.7 Å². The molecule has 0 spiro atoms. The number of nitrogens with zero attached hydrogens (tertiary/aromatic N) is 2. The lowest BCUT2D eigenvalue weighted by molar-refractivity contribution is -0.121. The van der Waals surface area contributed by atoms with E-state index in [0.717, 1.165) is 58.1 Å². The van der Waals surface area contributed by atoms with Crippen molar-refractivity contribution in [3.05, 3.63) is 0 Å². The molecule has 0 aromatic rings. The Bertz CT molecular complexity index is 457. The third-order valence-corrected chi connectivity index (χ3v) is 5.40. The van der Waals surface area contributed by atoms with E-state index >= 15 is 0 Å². The van der Waals surface area contributed by atoms with Crippen LogP contribution < -0.4 is 16.0 Å². The highest BCUT2D eigenvalue weighted by Crippen LogP contribution is 2.17. The molecule has 1 amide bonds. The Balaban J connectivity index is 1.69. The minimum Gasteiger partial charge on any atom is -0.379 e. The zero-order valence-electron chi connectivity index (χ0n) is 17.4. The molecule has 1 saturated carbocycles. The van der Waals surface area contributed by atoms with E-state index in [0.29, 0.717) is 31.0 Å². The number of nitrogens with one attached hydrogen (secondary N) is 3. The van der Waals surface area contributed by atoms with Crippen molar-refractivity contribution < 1.29 is 9.53 Å². The number of carbonyl (C=O) groups excluding carboxylic acids is 1. The largest absolute Gasteiger partial charge is 0.379 e. The van der Waals surface area contributed by atoms with E-state index in [-0.39, 0.29) is 5.91 Å². The molecule has 0 radical (unpaired) electrons. The maximum absolute atomic E-state index is 12.0. The van der Waals surface area contributed by atoms with Crippen LogP contribution in [0.2, 0.25) is 0 Å². The fraction of sp³-hybridized carbons (Fsp3) is 0.900. The van der Waals surface area contributed by atoms with Crippen LogP contribution in [0.3, 0.4) is 0 Å². The lowest BCUT2D eigenvalue weighted by Crippen LogP contribution is -2.51. The van der Waals surface area contributed by atoms with Crippen molar-refractivity contribution in [1.82, 2.24) is 20.9 Å². The summed E-state index contributed by atoms with van der Waals surface area (Å²) in [5.74, 6) is 1.55. The molecule has 0 aromatic carbocycles. The fourth-order valence-electron chi connectivity index (χ4n) is 3.95. The Morgan fingerprint density at radius 2 is 1.89 bits per heavy atom. The Morgan fingerprint density at radius 1 is 1.19 bits per heavy atom. The van der Waals surface area contributed by atoms with Crippen LogP contribution in [0.5, 0.6) is 0 Å². The molecule has 7 nitrogen and oxygen atoms in total. The van der Waals surface area contributed by atoms with Gasteiger partial charge in [-0.1, -0.05) is 26.7 Å². The molecular formula is C20H39N5O2. The lowest BCUT2D eigenvalue weighted by atomic mass is 10.0. The molecule has 2 fully saturated rings. The minimum atomic E-state index is 0.135. The summed E-state index contributed by atoms with van der Waals surface area (Å²) in [6.45, 7) is 9.61. The Kier molecular flexibility index (Phi) is 9.91. The molecule has 0 bridgehead atoms. The van der Waals surface area contributed by atoms with Gasteiger partial charge in [-0.05, 0) is 25.2 Å². The normalized spacial score (nSPS) is 20.7. The highest BCUT2D eigenvalue weighted by molar-refractivity contribution is 5.81. The van der Waals surface area contributed by atoms with Crippen molar-refractivity contribution in [1.29, 1.82) is 0 Å². The molecule has 1 atom stereocenters. The third kappa shape index (κ3) is 8.47. The van der Waals surface area contributed by atoms with E-state index in [9.17, 15) is 4.79 Å². The van der Waals surface area contributed by atoms with Crippen molar-refractivity contribution in [3.63, 3.8) is 0 Å². The predicted molar refractivity (Wildman–Crippen MR) is 110 cm³/mol. The summed E-state index contributed by atoms with van der Waals surface area (Å²) >= 11 is 0. The number of guanidine groups is 1. The molecule has 2 aliphatic rings. The summed E-state index contributed by atoms with van der Waals surface area (Å²) in [5, 5.41) is 9.84. The van der Waals surface area contributed by atoms with E-state index < -0.39 is 0 Å². The summed E-state index contributed by atoms with van der Waals surface area (Å²) in [5.41, 5.74) is 0. The summed E-state index contributed by atoms with van der Waals surface area (Å²) < 4.78 is 5.49. The standard InChI is InChI=1S/C20H39N5O2/c1-16(2)14-18(25-10-12-27-13-11-25)15-23-20(21-3)22-9-8-19(26)24-17-6-4-5-7-17/h16-18H,4-15H2,1-3H3,(H,24,26)(H2,21,22,23). The molecule has 1 aliphatic carbocycles. The van der Waals surface area contributed by atoms with Crippen molar-refractivity contribution in [3.8, 4) is 0 Å². The zero-order valence-corrected chi connectivity index (χ0v) is 17.4. The average molecular weight is 382 g/mol. The average Bonchev–Trinajstić information content (AvgIpc) is 3.16. The molecule has 3 N–H and O–H groups in total. The summed E-state index contributed by atoms with van der Waals surface area (Å²) in [4.78, 5) is 18.8. The summed E-state index contributed by atoms with van der Waals surface area (Å²) in [7, 11) is 1.78. The van der Waals surface area contributed by atoms with Gasteiger partial charge in [-0.3, -0.25) is 14.7 Å². The number of ether oxygens (including phenoxy) is 1. The SMILES string of the molecule is CN=C(NCCC(=O)NC1CCCC1)NCC(CC(C)C)N1CCOCC1. The number of carbonyl (C=O) groups is 1. The van der Waals surface area contributed by atoms with Gasteiger partial charge in [0.2, 0.25) is 5.91 Å². The van der Waals surface area contributed by atoms with Crippen LogP contribution in [0, 0.1) is 5.92 Å². The van der Waals surface area contributed by atoms with Gasteiger partial charge in [0.25, 0.3) is 0 Å². The maximum Gasteiger partial charge on any atom is 0.221 e. The van der Waals surface area contributed by atoms with E-state index in [2.05, 4.69) is 39.7 Å². The molecule has 2 rings (SSSR count). The van der Waals surface area contributed by atoms with Crippen molar-refractivity contribution in [2.24, 2.45) is 10.9 Å². The number of hydrogen-bond acceptors (Lipinski definition) is 4. The first-order chi connectivity index (χ1) is 13.1. The van der Waals surface area contributed by atoms with Gasteiger partial charge in [-0.25, -0.2) is 0 Å². The molecule has 1 unspecified atom stereocenters. The van der Waals surface area contributed by atoms with Crippen LogP contribution in [0.4, 0.5) is 0 Å². The monoisotopic (exact) mass is 381 g/mol. The van der Waals surface area contributed by atoms with Gasteiger partial charge in [-0.2, -0.15) is 0 Å². The molecule has 27 heavy (non-hydrogen) atoms. The molecule has 7 heteroatoms. The number of morpholine rings is 1. The van der Waals surface area contributed by atoms with Gasteiger partial charge in [-0.15, -0.1) is 0 Å². The quantitative estimate of drug-likeness (QED) is 0.415. The van der Waals surface area contributed by atoms with Gasteiger partial charge in [0.1, 0.15) is 0 Å². The van der Waals surface area contributed by atoms with Crippen LogP contribution in [-0.4, -0.2) is 75.3 Å². The van der Waals surface area contributed by atoms with Gasteiger partial charge in [0.05, 0.1) is 13.2 Å². The fourth-order valence-corrected chi connectivity index (χ4v) is 3.95. The van der Waals surface area contributed by atoms with Crippen LogP contribution in [-0.2, 0) is 9.53 Å². The molecule has 1 heterocycles. The van der Waals surface area contributed by atoms with Crippen molar-refractivity contribution in [2.75, 3.05) is 46.4 Å². The number of amides is 1. The highest BCUT2D eigenvalue weighted by atomic mass is 16.5. The number of aliphatic imine (C=N–C) groups is 1. The van der Waals surface area contributed by atoms with Gasteiger partial charge in [0.15, 0.2) is 5.96 Å². The highest BCUT2D eigenvalue weighted by Gasteiger charge is 2.22. The number of rotatable bonds is 9. The first-order valence-corrected chi connectivity index (χ1v) is 10.6. The van der Waals surface area contributed by atoms with Gasteiger partial charge < -0.3 is 20.7 Å². The Hall–Kier alpha value is -1.34. The predicted octanol–water partition coefficient (Wildman–Crippen LogP) is 1.35. The van der Waals surface area contributed by atoms with E-state index in [4.69, 9.17) is 4.74 Å². The second-order valence-corrected chi connectivity index (χ2v) is 8.11. The summed E-state index contributed by atoms with van der Waals surface area (Å²) in [6.07, 6.45) is 6.35. The molecule has 1 aliphatic heterocycles. The van der Waals surface area contributed by atoms with Gasteiger partial charge >= 0.3 is 0 Å². The van der Waals surface area contributed by atoms with Crippen LogP contribution in [0.25, 0.3) is 0 Å². The second kappa shape index (κ2) is 12.2. The van der Waals surface area contributed by atoms with Crippen LogP contribution in [0.15, 0.2) is 4.99 Å². The van der Waals surface area contributed by atoms with E-state index in [1.807, 2.05) is 0 Å². The maximum atomic E-state index is 12.0.